The number of carbonyl (C=O) groups is 3. The normalized spacial score (nSPS) is 12.4. The Morgan fingerprint density at radius 1 is 0.256 bits per heavy atom. The van der Waals surface area contributed by atoms with Crippen molar-refractivity contribution in [1.82, 2.24) is 0 Å². The van der Waals surface area contributed by atoms with Crippen LogP contribution in [0.15, 0.2) is 60.8 Å². The van der Waals surface area contributed by atoms with Crippen LogP contribution >= 0.6 is 0 Å². The lowest BCUT2D eigenvalue weighted by Crippen LogP contribution is -2.30. The molecule has 0 fully saturated rings. The van der Waals surface area contributed by atoms with Gasteiger partial charge in [0.25, 0.3) is 0 Å². The summed E-state index contributed by atoms with van der Waals surface area (Å²) >= 11 is 0. The molecule has 0 saturated carbocycles. The lowest BCUT2D eigenvalue weighted by molar-refractivity contribution is -0.167. The molecule has 0 aliphatic carbocycles. The third kappa shape index (κ3) is 67.9. The standard InChI is InChI=1S/C76H138O6/c1-4-7-10-13-16-19-21-23-25-27-29-31-33-34-35-36-37-38-39-40-41-42-44-45-47-49-51-53-55-57-60-63-66-69-75(78)81-72-73(71-80-74(77)68-65-62-59-18-15-12-9-6-3)82-76(79)70-67-64-61-58-56-54-52-50-48-46-43-32-30-28-26-24-22-20-17-14-11-8-5-2/h8,11,17,20,24,26-27,29-30,32,73H,4-7,9-10,12-16,18-19,21-23,25,28,31,33-72H2,1-3H3/b11-8-,20-17-,26-24-,29-27-,32-30-. The zero-order valence-corrected chi connectivity index (χ0v) is 55.0. The van der Waals surface area contributed by atoms with Crippen molar-refractivity contribution in [3.8, 4) is 0 Å². The van der Waals surface area contributed by atoms with Gasteiger partial charge < -0.3 is 14.2 Å². The Morgan fingerprint density at radius 3 is 0.756 bits per heavy atom. The van der Waals surface area contributed by atoms with Crippen LogP contribution < -0.4 is 0 Å². The average molecular weight is 1150 g/mol. The Bertz CT molecular complexity index is 1460. The minimum atomic E-state index is -0.773. The zero-order chi connectivity index (χ0) is 59.2. The molecule has 0 amide bonds. The van der Waals surface area contributed by atoms with Crippen molar-refractivity contribution < 1.29 is 28.6 Å². The van der Waals surface area contributed by atoms with Crippen LogP contribution in [-0.2, 0) is 28.6 Å². The van der Waals surface area contributed by atoms with E-state index in [1.54, 1.807) is 0 Å². The van der Waals surface area contributed by atoms with Gasteiger partial charge in [-0.1, -0.05) is 345 Å². The minimum Gasteiger partial charge on any atom is -0.462 e. The van der Waals surface area contributed by atoms with Gasteiger partial charge in [0.2, 0.25) is 0 Å². The number of hydrogen-bond acceptors (Lipinski definition) is 6. The topological polar surface area (TPSA) is 78.9 Å². The summed E-state index contributed by atoms with van der Waals surface area (Å²) in [6, 6.07) is 0. The van der Waals surface area contributed by atoms with Crippen molar-refractivity contribution in [2.75, 3.05) is 13.2 Å². The van der Waals surface area contributed by atoms with E-state index in [4.69, 9.17) is 14.2 Å². The third-order valence-corrected chi connectivity index (χ3v) is 16.3. The molecular weight excluding hydrogens is 1010 g/mol. The summed E-state index contributed by atoms with van der Waals surface area (Å²) in [5, 5.41) is 0. The molecule has 0 radical (unpaired) electrons. The Balaban J connectivity index is 4.02. The van der Waals surface area contributed by atoms with E-state index in [0.717, 1.165) is 83.5 Å². The summed E-state index contributed by atoms with van der Waals surface area (Å²) in [5.41, 5.74) is 0. The molecule has 1 atom stereocenters. The predicted molar refractivity (Wildman–Crippen MR) is 358 cm³/mol. The van der Waals surface area contributed by atoms with Crippen LogP contribution in [0.3, 0.4) is 0 Å². The molecule has 6 nitrogen and oxygen atoms in total. The van der Waals surface area contributed by atoms with E-state index in [-0.39, 0.29) is 31.1 Å². The number of carbonyl (C=O) groups excluding carboxylic acids is 3. The third-order valence-electron chi connectivity index (χ3n) is 16.3. The summed E-state index contributed by atoms with van der Waals surface area (Å²) in [6.07, 6.45) is 91.5. The van der Waals surface area contributed by atoms with Gasteiger partial charge in [-0.05, 0) is 83.5 Å². The molecule has 0 spiro atoms. The molecule has 478 valence electrons. The van der Waals surface area contributed by atoms with Gasteiger partial charge in [-0.15, -0.1) is 0 Å². The number of rotatable bonds is 67. The van der Waals surface area contributed by atoms with Crippen molar-refractivity contribution in [1.29, 1.82) is 0 Å². The minimum absolute atomic E-state index is 0.0711. The highest BCUT2D eigenvalue weighted by atomic mass is 16.6. The van der Waals surface area contributed by atoms with Gasteiger partial charge >= 0.3 is 17.9 Å². The van der Waals surface area contributed by atoms with Crippen LogP contribution in [0, 0.1) is 0 Å². The first kappa shape index (κ1) is 79.1. The average Bonchev–Trinajstić information content (AvgIpc) is 3.47. The highest BCUT2D eigenvalue weighted by Gasteiger charge is 2.19. The van der Waals surface area contributed by atoms with E-state index in [0.29, 0.717) is 19.3 Å². The van der Waals surface area contributed by atoms with Crippen molar-refractivity contribution in [2.24, 2.45) is 0 Å². The Morgan fingerprint density at radius 2 is 0.476 bits per heavy atom. The molecule has 82 heavy (non-hydrogen) atoms. The summed E-state index contributed by atoms with van der Waals surface area (Å²) in [7, 11) is 0. The van der Waals surface area contributed by atoms with Gasteiger partial charge in [-0.25, -0.2) is 0 Å². The largest absolute Gasteiger partial charge is 0.462 e. The number of ether oxygens (including phenoxy) is 3. The molecule has 6 heteroatoms. The van der Waals surface area contributed by atoms with E-state index >= 15 is 0 Å². The molecule has 0 aliphatic rings. The van der Waals surface area contributed by atoms with Gasteiger partial charge in [0.15, 0.2) is 6.10 Å². The second kappa shape index (κ2) is 70.6. The second-order valence-electron chi connectivity index (χ2n) is 24.5. The van der Waals surface area contributed by atoms with E-state index < -0.39 is 6.10 Å². The van der Waals surface area contributed by atoms with Crippen LogP contribution in [0.4, 0.5) is 0 Å². The molecule has 0 saturated heterocycles. The quantitative estimate of drug-likeness (QED) is 0.0261. The molecule has 0 heterocycles. The monoisotopic (exact) mass is 1150 g/mol. The lowest BCUT2D eigenvalue weighted by Gasteiger charge is -2.18. The maximum atomic E-state index is 12.9. The first-order valence-corrected chi connectivity index (χ1v) is 36.3. The summed E-state index contributed by atoms with van der Waals surface area (Å²) < 4.78 is 16.9. The highest BCUT2D eigenvalue weighted by Crippen LogP contribution is 2.18. The summed E-state index contributed by atoms with van der Waals surface area (Å²) in [5.74, 6) is -0.858. The van der Waals surface area contributed by atoms with Gasteiger partial charge in [0.05, 0.1) is 0 Å². The number of allylic oxidation sites excluding steroid dienone is 10. The van der Waals surface area contributed by atoms with E-state index in [1.807, 2.05) is 0 Å². The van der Waals surface area contributed by atoms with E-state index in [9.17, 15) is 14.4 Å². The smallest absolute Gasteiger partial charge is 0.306 e. The zero-order valence-electron chi connectivity index (χ0n) is 55.0. The summed E-state index contributed by atoms with van der Waals surface area (Å²) in [6.45, 7) is 6.55. The number of esters is 3. The van der Waals surface area contributed by atoms with Crippen LogP contribution in [0.5, 0.6) is 0 Å². The van der Waals surface area contributed by atoms with Crippen molar-refractivity contribution >= 4 is 17.9 Å². The lowest BCUT2D eigenvalue weighted by atomic mass is 10.0. The SMILES string of the molecule is CC/C=C\C/C=C\C/C=C\C/C=C\CCCCCCCCCCCCC(=O)OC(COC(=O)CCCCCCCCCC)COC(=O)CCCCCCCCCCCCCCCCCCCCCCC/C=C\CCCCCCCCCC. The number of unbranched alkanes of at least 4 members (excludes halogenated alkanes) is 46. The van der Waals surface area contributed by atoms with Gasteiger partial charge in [0, 0.05) is 19.3 Å². The molecule has 1 unspecified atom stereocenters. The summed E-state index contributed by atoms with van der Waals surface area (Å²) in [4.78, 5) is 38.2. The Labute approximate surface area is 510 Å². The first-order chi connectivity index (χ1) is 40.5. The molecule has 0 aromatic heterocycles. The van der Waals surface area contributed by atoms with Gasteiger partial charge in [0.1, 0.15) is 13.2 Å². The van der Waals surface area contributed by atoms with Crippen LogP contribution in [0.2, 0.25) is 0 Å². The molecule has 0 aromatic carbocycles. The van der Waals surface area contributed by atoms with Crippen LogP contribution in [0.25, 0.3) is 0 Å². The van der Waals surface area contributed by atoms with Crippen molar-refractivity contribution in [2.45, 2.75) is 393 Å². The Hall–Kier alpha value is -2.89. The predicted octanol–water partition coefficient (Wildman–Crippen LogP) is 25.1. The molecule has 0 N–H and O–H groups in total. The van der Waals surface area contributed by atoms with Crippen molar-refractivity contribution in [3.05, 3.63) is 60.8 Å². The van der Waals surface area contributed by atoms with E-state index in [1.165, 1.54) is 263 Å². The molecule has 0 bridgehead atoms. The highest BCUT2D eigenvalue weighted by molar-refractivity contribution is 5.71. The molecule has 0 rings (SSSR count). The Kier molecular flexibility index (Phi) is 68.1. The van der Waals surface area contributed by atoms with Crippen molar-refractivity contribution in [3.63, 3.8) is 0 Å². The molecular formula is C76H138O6. The van der Waals surface area contributed by atoms with Gasteiger partial charge in [-0.2, -0.15) is 0 Å². The fourth-order valence-electron chi connectivity index (χ4n) is 10.8. The second-order valence-corrected chi connectivity index (χ2v) is 24.5. The van der Waals surface area contributed by atoms with Gasteiger partial charge in [-0.3, -0.25) is 14.4 Å². The number of hydrogen-bond donors (Lipinski definition) is 0. The fourth-order valence-corrected chi connectivity index (χ4v) is 10.8. The maximum Gasteiger partial charge on any atom is 0.306 e. The first-order valence-electron chi connectivity index (χ1n) is 36.3. The fraction of sp³-hybridized carbons (Fsp3) is 0.829. The van der Waals surface area contributed by atoms with Crippen LogP contribution in [-0.4, -0.2) is 37.2 Å². The van der Waals surface area contributed by atoms with Crippen LogP contribution in [0.1, 0.15) is 387 Å². The van der Waals surface area contributed by atoms with E-state index in [2.05, 4.69) is 81.5 Å². The maximum absolute atomic E-state index is 12.9. The molecule has 0 aliphatic heterocycles. The molecule has 0 aromatic rings.